The summed E-state index contributed by atoms with van der Waals surface area (Å²) in [5, 5.41) is 49.0. The van der Waals surface area contributed by atoms with Crippen molar-refractivity contribution in [3.05, 3.63) is 13.2 Å². The van der Waals surface area contributed by atoms with Crippen LogP contribution >= 0.6 is 31.1 Å². The molecule has 18 unspecified atom stereocenters. The first kappa shape index (κ1) is 52.5. The van der Waals surface area contributed by atoms with E-state index in [2.05, 4.69) is 0 Å². The summed E-state index contributed by atoms with van der Waals surface area (Å²) in [6, 6.07) is 0. The largest absolute Gasteiger partial charge is 0.544 e. The molecule has 312 valence electrons. The number of fused-ring (bicyclic) bond motifs is 4. The molecule has 5 fully saturated rings. The average molecular weight is 1020 g/mol. The Morgan fingerprint density at radius 1 is 0.759 bits per heavy atom. The Morgan fingerprint density at radius 2 is 1.37 bits per heavy atom. The number of rotatable bonds is 8. The fourth-order valence-corrected chi connectivity index (χ4v) is 8.69. The van der Waals surface area contributed by atoms with Crippen molar-refractivity contribution in [1.82, 2.24) is 0 Å². The summed E-state index contributed by atoms with van der Waals surface area (Å²) < 4.78 is 102. The minimum Gasteiger partial charge on any atom is -0.544 e. The Labute approximate surface area is 359 Å². The molecule has 5 aliphatic heterocycles. The number of aliphatic hydroxyl groups excluding tert-OH is 5. The molecule has 18 atom stereocenters. The number of phosphoric acid groups is 3. The van der Waals surface area contributed by atoms with Crippen LogP contribution < -0.4 is 0 Å². The number of phosphoric ester groups is 3. The first-order valence-corrected chi connectivity index (χ1v) is 22.1. The molecule has 0 aromatic rings. The van der Waals surface area contributed by atoms with E-state index in [0.29, 0.717) is 0 Å². The summed E-state index contributed by atoms with van der Waals surface area (Å²) in [5.41, 5.74) is 0. The molecule has 0 aliphatic carbocycles. The van der Waals surface area contributed by atoms with Crippen molar-refractivity contribution in [2.45, 2.75) is 93.2 Å². The van der Waals surface area contributed by atoms with Gasteiger partial charge in [-0.25, -0.2) is 13.7 Å². The van der Waals surface area contributed by atoms with E-state index in [4.69, 9.17) is 55.7 Å². The standard InChI is InChI=1S/C12H21O12P2.C12H23O12P2.2Y/c1-6-7-2-20-25(15,16)21-4-8-12(14)10(3-19-8)24-26(17,18)22-5-9(23-6)11(7)13;1-6-10(14)12(24-25(2,16)17)9(22-6)5-21-26(18,19)23-8-4-20-7(3-13)11(8)15;;/h3,6-14H,2,4-5H2,1H3,(H,15,16)(H,17,18);4,6-15H,3,5H2,1-2H3,(H,16,17)(H,18,19);;/q2*-1;;. The first-order valence-electron chi connectivity index (χ1n) is 15.5. The topological polar surface area (TPSA) is 352 Å². The molecule has 2 radical (unpaired) electrons. The predicted molar refractivity (Wildman–Crippen MR) is 165 cm³/mol. The van der Waals surface area contributed by atoms with Gasteiger partial charge in [0.1, 0.15) is 24.4 Å². The molecule has 9 N–H and O–H groups in total. The van der Waals surface area contributed by atoms with E-state index in [1.54, 1.807) is 6.92 Å². The Hall–Kier alpha value is 2.33. The molecule has 0 saturated carbocycles. The van der Waals surface area contributed by atoms with Crippen molar-refractivity contribution in [2.75, 3.05) is 39.7 Å². The minimum atomic E-state index is -4.69. The molecule has 0 aromatic carbocycles. The third kappa shape index (κ3) is 15.0. The summed E-state index contributed by atoms with van der Waals surface area (Å²) in [6.45, 7) is 3.46. The predicted octanol–water partition coefficient (Wildman–Crippen LogP) is -1.93. The van der Waals surface area contributed by atoms with Crippen molar-refractivity contribution >= 4 is 31.1 Å². The number of aliphatic hydroxyl groups is 5. The van der Waals surface area contributed by atoms with Gasteiger partial charge in [0.25, 0.3) is 0 Å². The van der Waals surface area contributed by atoms with E-state index in [1.807, 2.05) is 0 Å². The smallest absolute Gasteiger partial charge is 0.472 e. The summed E-state index contributed by atoms with van der Waals surface area (Å²) in [4.78, 5) is 38.6. The molecule has 54 heavy (non-hydrogen) atoms. The number of ether oxygens (including phenoxy) is 4. The fraction of sp³-hybridized carbons (Fsp3) is 0.917. The zero-order valence-corrected chi connectivity index (χ0v) is 38.1. The monoisotopic (exact) mass is 1020 g/mol. The fourth-order valence-electron chi connectivity index (χ4n) is 5.45. The normalized spacial score (nSPS) is 46.4. The second kappa shape index (κ2) is 21.9. The second-order valence-electron chi connectivity index (χ2n) is 12.3. The molecule has 4 bridgehead atoms. The van der Waals surface area contributed by atoms with Crippen LogP contribution in [0.5, 0.6) is 0 Å². The molecule has 5 rings (SSSR count). The third-order valence-electron chi connectivity index (χ3n) is 8.24. The van der Waals surface area contributed by atoms with Crippen LogP contribution in [0.1, 0.15) is 13.8 Å². The maximum Gasteiger partial charge on any atom is 0.472 e. The van der Waals surface area contributed by atoms with Gasteiger partial charge >= 0.3 is 31.1 Å². The van der Waals surface area contributed by atoms with E-state index in [1.165, 1.54) is 6.92 Å². The Bertz CT molecular complexity index is 1380. The van der Waals surface area contributed by atoms with Crippen LogP contribution in [0.2, 0.25) is 0 Å². The minimum absolute atomic E-state index is 0. The average Bonchev–Trinajstić information content (AvgIpc) is 3.73. The van der Waals surface area contributed by atoms with Gasteiger partial charge in [0.15, 0.2) is 0 Å². The van der Waals surface area contributed by atoms with E-state index in [0.717, 1.165) is 19.9 Å². The zero-order valence-electron chi connectivity index (χ0n) is 28.9. The second-order valence-corrected chi connectivity index (χ2v) is 18.4. The summed E-state index contributed by atoms with van der Waals surface area (Å²) >= 11 is 0. The van der Waals surface area contributed by atoms with Crippen molar-refractivity contribution in [1.29, 1.82) is 0 Å². The molecule has 0 amide bonds. The van der Waals surface area contributed by atoms with Gasteiger partial charge in [-0.2, -0.15) is 13.2 Å². The van der Waals surface area contributed by atoms with Gasteiger partial charge in [0, 0.05) is 78.0 Å². The van der Waals surface area contributed by atoms with Crippen LogP contribution in [0.15, 0.2) is 0 Å². The Balaban J connectivity index is 0.000000360. The van der Waals surface area contributed by atoms with E-state index >= 15 is 0 Å². The van der Waals surface area contributed by atoms with Crippen molar-refractivity contribution < 1.29 is 179 Å². The van der Waals surface area contributed by atoms with Crippen LogP contribution in [-0.2, 0) is 134 Å². The van der Waals surface area contributed by atoms with Gasteiger partial charge in [-0.3, -0.25) is 27.2 Å². The molecule has 0 aromatic heterocycles. The van der Waals surface area contributed by atoms with Crippen molar-refractivity contribution in [3.63, 3.8) is 0 Å². The quantitative estimate of drug-likeness (QED) is 0.0944. The van der Waals surface area contributed by atoms with Crippen LogP contribution in [0.4, 0.5) is 0 Å². The maximum atomic E-state index is 12.0. The molecule has 0 spiro atoms. The summed E-state index contributed by atoms with van der Waals surface area (Å²) in [5.74, 6) is -0.691. The summed E-state index contributed by atoms with van der Waals surface area (Å²) in [6.07, 6.45) is -14.6. The van der Waals surface area contributed by atoms with Gasteiger partial charge < -0.3 is 73.1 Å². The van der Waals surface area contributed by atoms with Gasteiger partial charge in [-0.05, 0) is 26.1 Å². The van der Waals surface area contributed by atoms with Crippen molar-refractivity contribution in [2.24, 2.45) is 5.92 Å². The van der Waals surface area contributed by atoms with E-state index in [9.17, 15) is 58.3 Å². The van der Waals surface area contributed by atoms with Crippen LogP contribution in [0, 0.1) is 19.1 Å². The Kier molecular flexibility index (Phi) is 21.3. The molecular formula is C24H44O24P4Y2-2. The Morgan fingerprint density at radius 3 is 1.98 bits per heavy atom. The SMILES string of the molecule is CC1OC(COP(=O)(O)OC2[CH-]OC(CO)C2O)C(OP(C)(=O)O)C1O.CC1OC2COP(=O)(O)OC3[CH-]OC(COP(=O)(O)OCC1C2O)C3O.[Y].[Y]. The third-order valence-corrected chi connectivity index (χ3v) is 11.8. The van der Waals surface area contributed by atoms with E-state index < -0.39 is 143 Å². The maximum absolute atomic E-state index is 12.0. The molecule has 24 nitrogen and oxygen atoms in total. The number of hydrogen-bond acceptors (Lipinski definition) is 20. The molecule has 5 saturated heterocycles. The first-order chi connectivity index (χ1) is 24.0. The molecular weight excluding hydrogens is 974 g/mol. The van der Waals surface area contributed by atoms with Crippen LogP contribution in [0.25, 0.3) is 0 Å². The molecule has 5 aliphatic rings. The molecule has 30 heteroatoms. The molecule has 5 heterocycles. The van der Waals surface area contributed by atoms with Crippen LogP contribution in [-0.4, -0.2) is 164 Å². The van der Waals surface area contributed by atoms with Gasteiger partial charge in [-0.1, -0.05) is 0 Å². The zero-order chi connectivity index (χ0) is 38.8. The van der Waals surface area contributed by atoms with Gasteiger partial charge in [0.05, 0.1) is 75.8 Å². The van der Waals surface area contributed by atoms with Gasteiger partial charge in [-0.15, -0.1) is 0 Å². The van der Waals surface area contributed by atoms with Crippen molar-refractivity contribution in [3.8, 4) is 0 Å². The number of hydrogen-bond donors (Lipinski definition) is 9. The van der Waals surface area contributed by atoms with Gasteiger partial charge in [0.2, 0.25) is 0 Å². The van der Waals surface area contributed by atoms with Crippen LogP contribution in [0.3, 0.4) is 0 Å². The summed E-state index contributed by atoms with van der Waals surface area (Å²) in [7, 11) is -17.7. The van der Waals surface area contributed by atoms with E-state index in [-0.39, 0.29) is 72.0 Å².